The molecular formula is C17H26N4O3. The molecule has 2 amide bonds. The smallest absolute Gasteiger partial charge is 0.237 e. The lowest BCUT2D eigenvalue weighted by molar-refractivity contribution is -0.134. The average molecular weight is 334 g/mol. The molecule has 4 N–H and O–H groups in total. The fraction of sp³-hybridized carbons (Fsp3) is 0.529. The molecule has 0 aliphatic carbocycles. The van der Waals surface area contributed by atoms with Gasteiger partial charge < -0.3 is 10.1 Å². The number of hydrogen-bond donors (Lipinski definition) is 3. The summed E-state index contributed by atoms with van der Waals surface area (Å²) < 4.78 is 5.75. The predicted molar refractivity (Wildman–Crippen MR) is 90.9 cm³/mol. The highest BCUT2D eigenvalue weighted by atomic mass is 16.5. The van der Waals surface area contributed by atoms with E-state index < -0.39 is 6.04 Å². The highest BCUT2D eigenvalue weighted by Crippen LogP contribution is 2.18. The highest BCUT2D eigenvalue weighted by Gasteiger charge is 2.31. The molecule has 1 heterocycles. The molecule has 0 saturated carbocycles. The third-order valence-corrected chi connectivity index (χ3v) is 3.85. The SMILES string of the molecule is CC(C)COc1cccc(CN2CCNC(=O)C2CC(=O)NN)c1. The molecule has 1 aromatic rings. The molecule has 24 heavy (non-hydrogen) atoms. The number of hydrogen-bond acceptors (Lipinski definition) is 5. The summed E-state index contributed by atoms with van der Waals surface area (Å²) in [5.41, 5.74) is 3.13. The second-order valence-corrected chi connectivity index (χ2v) is 6.40. The van der Waals surface area contributed by atoms with Crippen LogP contribution < -0.4 is 21.3 Å². The second-order valence-electron chi connectivity index (χ2n) is 6.40. The maximum Gasteiger partial charge on any atom is 0.237 e. The first kappa shape index (κ1) is 18.2. The molecule has 1 aliphatic heterocycles. The van der Waals surface area contributed by atoms with Gasteiger partial charge in [0.05, 0.1) is 19.1 Å². The minimum absolute atomic E-state index is 0.0475. The van der Waals surface area contributed by atoms with Crippen molar-refractivity contribution in [3.05, 3.63) is 29.8 Å². The molecule has 1 fully saturated rings. The Morgan fingerprint density at radius 1 is 1.50 bits per heavy atom. The molecule has 0 aromatic heterocycles. The Morgan fingerprint density at radius 2 is 2.29 bits per heavy atom. The van der Waals surface area contributed by atoms with E-state index in [9.17, 15) is 9.59 Å². The standard InChI is InChI=1S/C17H26N4O3/c1-12(2)11-24-14-5-3-4-13(8-14)10-21-7-6-19-17(23)15(21)9-16(22)20-18/h3-5,8,12,15H,6-7,9-11,18H2,1-2H3,(H,19,23)(H,20,22). The van der Waals surface area contributed by atoms with E-state index in [4.69, 9.17) is 10.6 Å². The molecule has 7 heteroatoms. The van der Waals surface area contributed by atoms with Gasteiger partial charge in [-0.2, -0.15) is 0 Å². The number of carbonyl (C=O) groups is 2. The van der Waals surface area contributed by atoms with Gasteiger partial charge >= 0.3 is 0 Å². The maximum atomic E-state index is 12.1. The molecule has 1 saturated heterocycles. The van der Waals surface area contributed by atoms with E-state index in [2.05, 4.69) is 24.6 Å². The lowest BCUT2D eigenvalue weighted by atomic mass is 10.1. The van der Waals surface area contributed by atoms with Crippen molar-refractivity contribution in [1.29, 1.82) is 0 Å². The van der Waals surface area contributed by atoms with Gasteiger partial charge in [0.2, 0.25) is 11.8 Å². The number of benzene rings is 1. The van der Waals surface area contributed by atoms with Gasteiger partial charge in [-0.1, -0.05) is 26.0 Å². The number of nitrogens with one attached hydrogen (secondary N) is 2. The summed E-state index contributed by atoms with van der Waals surface area (Å²) in [5, 5.41) is 2.80. The van der Waals surface area contributed by atoms with Crippen molar-refractivity contribution < 1.29 is 14.3 Å². The zero-order valence-electron chi connectivity index (χ0n) is 14.2. The molecule has 132 valence electrons. The summed E-state index contributed by atoms with van der Waals surface area (Å²) in [6.07, 6.45) is 0.0475. The number of nitrogens with zero attached hydrogens (tertiary/aromatic N) is 1. The van der Waals surface area contributed by atoms with Crippen molar-refractivity contribution in [3.63, 3.8) is 0 Å². The fourth-order valence-corrected chi connectivity index (χ4v) is 2.64. The third kappa shape index (κ3) is 5.21. The number of ether oxygens (including phenoxy) is 1. The molecule has 1 atom stereocenters. The number of nitrogens with two attached hydrogens (primary N) is 1. The summed E-state index contributed by atoms with van der Waals surface area (Å²) in [4.78, 5) is 25.7. The lowest BCUT2D eigenvalue weighted by Gasteiger charge is -2.34. The largest absolute Gasteiger partial charge is 0.493 e. The van der Waals surface area contributed by atoms with Crippen LogP contribution in [0.3, 0.4) is 0 Å². The third-order valence-electron chi connectivity index (χ3n) is 3.85. The van der Waals surface area contributed by atoms with Crippen LogP contribution in [0.5, 0.6) is 5.75 Å². The minimum Gasteiger partial charge on any atom is -0.493 e. The van der Waals surface area contributed by atoms with Crippen molar-refractivity contribution in [1.82, 2.24) is 15.6 Å². The van der Waals surface area contributed by atoms with E-state index in [0.717, 1.165) is 11.3 Å². The van der Waals surface area contributed by atoms with Gasteiger partial charge in [0.15, 0.2) is 0 Å². The zero-order chi connectivity index (χ0) is 17.5. The Labute approximate surface area is 142 Å². The van der Waals surface area contributed by atoms with Crippen LogP contribution in [0, 0.1) is 5.92 Å². The summed E-state index contributed by atoms with van der Waals surface area (Å²) >= 11 is 0. The Bertz CT molecular complexity index is 577. The maximum absolute atomic E-state index is 12.1. The average Bonchev–Trinajstić information content (AvgIpc) is 2.56. The molecular weight excluding hydrogens is 308 g/mol. The van der Waals surface area contributed by atoms with Gasteiger partial charge in [-0.15, -0.1) is 0 Å². The summed E-state index contributed by atoms with van der Waals surface area (Å²) in [6, 6.07) is 7.33. The van der Waals surface area contributed by atoms with Crippen molar-refractivity contribution >= 4 is 11.8 Å². The van der Waals surface area contributed by atoms with Gasteiger partial charge in [-0.3, -0.25) is 19.9 Å². The van der Waals surface area contributed by atoms with Crippen molar-refractivity contribution in [3.8, 4) is 5.75 Å². The Hall–Kier alpha value is -2.12. The Balaban J connectivity index is 2.05. The number of rotatable bonds is 7. The summed E-state index contributed by atoms with van der Waals surface area (Å²) in [7, 11) is 0. The van der Waals surface area contributed by atoms with E-state index in [1.165, 1.54) is 0 Å². The number of hydrazine groups is 1. The van der Waals surface area contributed by atoms with Crippen LogP contribution in [0.2, 0.25) is 0 Å². The van der Waals surface area contributed by atoms with E-state index in [0.29, 0.717) is 32.2 Å². The molecule has 1 unspecified atom stereocenters. The molecule has 0 radical (unpaired) electrons. The molecule has 7 nitrogen and oxygen atoms in total. The first-order valence-corrected chi connectivity index (χ1v) is 8.22. The van der Waals surface area contributed by atoms with E-state index in [1.807, 2.05) is 29.2 Å². The minimum atomic E-state index is -0.512. The predicted octanol–water partition coefficient (Wildman–Crippen LogP) is 0.402. The van der Waals surface area contributed by atoms with Crippen LogP contribution in [-0.2, 0) is 16.1 Å². The van der Waals surface area contributed by atoms with Gasteiger partial charge in [0, 0.05) is 19.6 Å². The number of amides is 2. The first-order valence-electron chi connectivity index (χ1n) is 8.22. The van der Waals surface area contributed by atoms with Crippen molar-refractivity contribution in [2.24, 2.45) is 11.8 Å². The number of piperazine rings is 1. The number of carbonyl (C=O) groups excluding carboxylic acids is 2. The van der Waals surface area contributed by atoms with Crippen molar-refractivity contribution in [2.75, 3.05) is 19.7 Å². The normalized spacial score (nSPS) is 18.3. The lowest BCUT2D eigenvalue weighted by Crippen LogP contribution is -2.56. The quantitative estimate of drug-likeness (QED) is 0.381. The van der Waals surface area contributed by atoms with Crippen molar-refractivity contribution in [2.45, 2.75) is 32.9 Å². The van der Waals surface area contributed by atoms with Crippen LogP contribution in [-0.4, -0.2) is 42.5 Å². The van der Waals surface area contributed by atoms with Gasteiger partial charge in [-0.05, 0) is 23.6 Å². The van der Waals surface area contributed by atoms with Crippen LogP contribution >= 0.6 is 0 Å². The second kappa shape index (κ2) is 8.65. The van der Waals surface area contributed by atoms with Gasteiger partial charge in [-0.25, -0.2) is 5.84 Å². The van der Waals surface area contributed by atoms with Crippen LogP contribution in [0.1, 0.15) is 25.8 Å². The summed E-state index contributed by atoms with van der Waals surface area (Å²) in [6.45, 7) is 6.70. The first-order chi connectivity index (χ1) is 11.5. The van der Waals surface area contributed by atoms with E-state index in [1.54, 1.807) is 0 Å². The molecule has 2 rings (SSSR count). The van der Waals surface area contributed by atoms with Crippen LogP contribution in [0.4, 0.5) is 0 Å². The van der Waals surface area contributed by atoms with E-state index in [-0.39, 0.29) is 18.2 Å². The molecule has 1 aromatic carbocycles. The van der Waals surface area contributed by atoms with Gasteiger partial charge in [0.1, 0.15) is 5.75 Å². The van der Waals surface area contributed by atoms with Gasteiger partial charge in [0.25, 0.3) is 0 Å². The highest BCUT2D eigenvalue weighted by molar-refractivity contribution is 5.88. The topological polar surface area (TPSA) is 96.7 Å². The Morgan fingerprint density at radius 3 is 3.00 bits per heavy atom. The van der Waals surface area contributed by atoms with Crippen LogP contribution in [0.25, 0.3) is 0 Å². The zero-order valence-corrected chi connectivity index (χ0v) is 14.2. The molecule has 0 spiro atoms. The van der Waals surface area contributed by atoms with E-state index >= 15 is 0 Å². The summed E-state index contributed by atoms with van der Waals surface area (Å²) in [5.74, 6) is 5.93. The molecule has 0 bridgehead atoms. The molecule has 1 aliphatic rings. The Kier molecular flexibility index (Phi) is 6.57. The fourth-order valence-electron chi connectivity index (χ4n) is 2.64. The monoisotopic (exact) mass is 334 g/mol. The van der Waals surface area contributed by atoms with Crippen LogP contribution in [0.15, 0.2) is 24.3 Å².